The Bertz CT molecular complexity index is 1050. The maximum absolute atomic E-state index is 12.3. The van der Waals surface area contributed by atoms with E-state index in [1.54, 1.807) is 60.8 Å². The van der Waals surface area contributed by atoms with Crippen LogP contribution in [-0.4, -0.2) is 22.0 Å². The van der Waals surface area contributed by atoms with Crippen LogP contribution in [0.15, 0.2) is 73.1 Å². The van der Waals surface area contributed by atoms with Crippen molar-refractivity contribution in [1.29, 1.82) is 0 Å². The molecule has 0 unspecified atom stereocenters. The summed E-state index contributed by atoms with van der Waals surface area (Å²) < 4.78 is 5.85. The smallest absolute Gasteiger partial charge is 0.267 e. The molecule has 1 heterocycles. The summed E-state index contributed by atoms with van der Waals surface area (Å²) in [5.41, 5.74) is 2.91. The first kappa shape index (κ1) is 20.1. The summed E-state index contributed by atoms with van der Waals surface area (Å²) in [7, 11) is 0. The Labute approximate surface area is 171 Å². The summed E-state index contributed by atoms with van der Waals surface area (Å²) >= 11 is 5.99. The standard InChI is InChI=1S/C21H16ClN3O4/c22-16-4-1-5-18(12-16)29-19-8-7-17(11-14(19)6-9-20(26)25-28)24-21(27)15-3-2-10-23-13-15/h1-13,28H,(H,24,27)(H,25,26)/b9-6+. The van der Waals surface area contributed by atoms with E-state index < -0.39 is 5.91 Å². The van der Waals surface area contributed by atoms with Crippen molar-refractivity contribution in [1.82, 2.24) is 10.5 Å². The maximum atomic E-state index is 12.3. The molecule has 0 spiro atoms. The third-order valence-corrected chi connectivity index (χ3v) is 3.97. The van der Waals surface area contributed by atoms with E-state index in [2.05, 4.69) is 10.3 Å². The summed E-state index contributed by atoms with van der Waals surface area (Å²) in [6, 6.07) is 15.1. The summed E-state index contributed by atoms with van der Waals surface area (Å²) in [4.78, 5) is 27.6. The quantitative estimate of drug-likeness (QED) is 0.320. The molecule has 0 aliphatic carbocycles. The van der Waals surface area contributed by atoms with Crippen molar-refractivity contribution in [3.8, 4) is 11.5 Å². The molecule has 3 aromatic rings. The predicted octanol–water partition coefficient (Wildman–Crippen LogP) is 4.30. The lowest BCUT2D eigenvalue weighted by Crippen LogP contribution is -2.14. The van der Waals surface area contributed by atoms with Crippen molar-refractivity contribution in [3.05, 3.63) is 89.2 Å². The molecule has 7 nitrogen and oxygen atoms in total. The van der Waals surface area contributed by atoms with Crippen LogP contribution in [0.25, 0.3) is 6.08 Å². The van der Waals surface area contributed by atoms with Crippen LogP contribution < -0.4 is 15.5 Å². The van der Waals surface area contributed by atoms with Crippen molar-refractivity contribution in [2.45, 2.75) is 0 Å². The number of hydrogen-bond donors (Lipinski definition) is 3. The maximum Gasteiger partial charge on any atom is 0.267 e. The molecule has 1 aromatic heterocycles. The van der Waals surface area contributed by atoms with Gasteiger partial charge >= 0.3 is 0 Å². The molecular weight excluding hydrogens is 394 g/mol. The lowest BCUT2D eigenvalue weighted by Gasteiger charge is -2.12. The molecule has 146 valence electrons. The summed E-state index contributed by atoms with van der Waals surface area (Å²) in [6.07, 6.45) is 5.62. The second-order valence-electron chi connectivity index (χ2n) is 5.82. The van der Waals surface area contributed by atoms with Gasteiger partial charge in [0, 0.05) is 34.7 Å². The second kappa shape index (κ2) is 9.50. The summed E-state index contributed by atoms with van der Waals surface area (Å²) in [6.45, 7) is 0. The summed E-state index contributed by atoms with van der Waals surface area (Å²) in [5.74, 6) is -0.104. The number of nitrogens with one attached hydrogen (secondary N) is 2. The minimum atomic E-state index is -0.705. The van der Waals surface area contributed by atoms with Crippen molar-refractivity contribution < 1.29 is 19.5 Å². The van der Waals surface area contributed by atoms with Gasteiger partial charge in [0.1, 0.15) is 11.5 Å². The van der Waals surface area contributed by atoms with E-state index in [0.29, 0.717) is 33.3 Å². The molecule has 2 amide bonds. The van der Waals surface area contributed by atoms with Gasteiger partial charge in [-0.05, 0) is 54.6 Å². The Balaban J connectivity index is 1.88. The molecule has 0 fully saturated rings. The molecule has 2 aromatic carbocycles. The van der Waals surface area contributed by atoms with E-state index in [0.717, 1.165) is 6.08 Å². The van der Waals surface area contributed by atoms with Crippen LogP contribution >= 0.6 is 11.6 Å². The fourth-order valence-electron chi connectivity index (χ4n) is 2.41. The fraction of sp³-hybridized carbons (Fsp3) is 0. The van der Waals surface area contributed by atoms with Gasteiger partial charge in [0.15, 0.2) is 0 Å². The minimum Gasteiger partial charge on any atom is -0.457 e. The molecule has 0 saturated carbocycles. The molecule has 0 saturated heterocycles. The van der Waals surface area contributed by atoms with Gasteiger partial charge in [-0.2, -0.15) is 0 Å². The number of anilines is 1. The third kappa shape index (κ3) is 5.65. The Kier molecular flexibility index (Phi) is 6.57. The van der Waals surface area contributed by atoms with Gasteiger partial charge in [-0.25, -0.2) is 5.48 Å². The van der Waals surface area contributed by atoms with Gasteiger partial charge in [0.25, 0.3) is 11.8 Å². The normalized spacial score (nSPS) is 10.6. The van der Waals surface area contributed by atoms with Crippen molar-refractivity contribution in [2.24, 2.45) is 0 Å². The number of halogens is 1. The first-order chi connectivity index (χ1) is 14.0. The van der Waals surface area contributed by atoms with Gasteiger partial charge in [-0.1, -0.05) is 17.7 Å². The minimum absolute atomic E-state index is 0.329. The SMILES string of the molecule is O=C(/C=C/c1cc(NC(=O)c2cccnc2)ccc1Oc1cccc(Cl)c1)NO. The van der Waals surface area contributed by atoms with Crippen LogP contribution in [0.3, 0.4) is 0 Å². The number of benzene rings is 2. The van der Waals surface area contributed by atoms with Crippen molar-refractivity contribution >= 4 is 35.2 Å². The number of pyridine rings is 1. The van der Waals surface area contributed by atoms with Gasteiger partial charge in [-0.3, -0.25) is 19.8 Å². The lowest BCUT2D eigenvalue weighted by atomic mass is 10.1. The van der Waals surface area contributed by atoms with Gasteiger partial charge in [-0.15, -0.1) is 0 Å². The van der Waals surface area contributed by atoms with Crippen LogP contribution in [0.2, 0.25) is 5.02 Å². The van der Waals surface area contributed by atoms with Crippen molar-refractivity contribution in [3.63, 3.8) is 0 Å². The van der Waals surface area contributed by atoms with E-state index in [1.165, 1.54) is 17.8 Å². The predicted molar refractivity (Wildman–Crippen MR) is 109 cm³/mol. The topological polar surface area (TPSA) is 101 Å². The molecule has 3 rings (SSSR count). The van der Waals surface area contributed by atoms with Crippen molar-refractivity contribution in [2.75, 3.05) is 5.32 Å². The Morgan fingerprint density at radius 1 is 1.10 bits per heavy atom. The number of hydrogen-bond acceptors (Lipinski definition) is 5. The fourth-order valence-corrected chi connectivity index (χ4v) is 2.59. The average Bonchev–Trinajstić information content (AvgIpc) is 2.74. The van der Waals surface area contributed by atoms with E-state index in [9.17, 15) is 9.59 Å². The number of rotatable bonds is 6. The van der Waals surface area contributed by atoms with E-state index in [1.807, 2.05) is 0 Å². The molecule has 0 aliphatic heterocycles. The van der Waals surface area contributed by atoms with Crippen LogP contribution in [-0.2, 0) is 4.79 Å². The summed E-state index contributed by atoms with van der Waals surface area (Å²) in [5, 5.41) is 12.0. The highest BCUT2D eigenvalue weighted by Gasteiger charge is 2.10. The number of nitrogens with zero attached hydrogens (tertiary/aromatic N) is 1. The number of carbonyl (C=O) groups excluding carboxylic acids is 2. The van der Waals surface area contributed by atoms with Crippen LogP contribution in [0.1, 0.15) is 15.9 Å². The zero-order chi connectivity index (χ0) is 20.6. The van der Waals surface area contributed by atoms with E-state index in [4.69, 9.17) is 21.5 Å². The number of ether oxygens (including phenoxy) is 1. The number of amides is 2. The molecule has 0 radical (unpaired) electrons. The van der Waals surface area contributed by atoms with E-state index >= 15 is 0 Å². The monoisotopic (exact) mass is 409 g/mol. The zero-order valence-electron chi connectivity index (χ0n) is 15.0. The van der Waals surface area contributed by atoms with Crippen LogP contribution in [0.4, 0.5) is 5.69 Å². The highest BCUT2D eigenvalue weighted by molar-refractivity contribution is 6.30. The average molecular weight is 410 g/mol. The van der Waals surface area contributed by atoms with Crippen LogP contribution in [0, 0.1) is 0 Å². The molecule has 0 bridgehead atoms. The molecule has 0 aliphatic rings. The number of carbonyl (C=O) groups is 2. The lowest BCUT2D eigenvalue weighted by molar-refractivity contribution is -0.124. The first-order valence-corrected chi connectivity index (χ1v) is 8.84. The number of aromatic nitrogens is 1. The van der Waals surface area contributed by atoms with Gasteiger partial charge in [0.05, 0.1) is 5.56 Å². The Hall–Kier alpha value is -3.68. The molecule has 3 N–H and O–H groups in total. The Morgan fingerprint density at radius 3 is 2.69 bits per heavy atom. The van der Waals surface area contributed by atoms with E-state index in [-0.39, 0.29) is 5.91 Å². The zero-order valence-corrected chi connectivity index (χ0v) is 15.8. The van der Waals surface area contributed by atoms with Gasteiger partial charge < -0.3 is 10.1 Å². The molecule has 29 heavy (non-hydrogen) atoms. The largest absolute Gasteiger partial charge is 0.457 e. The highest BCUT2D eigenvalue weighted by atomic mass is 35.5. The molecular formula is C21H16ClN3O4. The number of hydroxylamine groups is 1. The van der Waals surface area contributed by atoms with Gasteiger partial charge in [0.2, 0.25) is 0 Å². The van der Waals surface area contributed by atoms with Crippen LogP contribution in [0.5, 0.6) is 11.5 Å². The highest BCUT2D eigenvalue weighted by Crippen LogP contribution is 2.30. The molecule has 0 atom stereocenters. The third-order valence-electron chi connectivity index (χ3n) is 3.74. The Morgan fingerprint density at radius 2 is 1.97 bits per heavy atom. The molecule has 8 heteroatoms. The second-order valence-corrected chi connectivity index (χ2v) is 6.25. The first-order valence-electron chi connectivity index (χ1n) is 8.46.